The Labute approximate surface area is 99.8 Å². The van der Waals surface area contributed by atoms with Crippen molar-refractivity contribution in [2.45, 2.75) is 44.6 Å². The van der Waals surface area contributed by atoms with E-state index in [1.54, 1.807) is 0 Å². The molecule has 0 spiro atoms. The van der Waals surface area contributed by atoms with E-state index in [9.17, 15) is 14.4 Å². The number of carbonyl (C=O) groups is 3. The van der Waals surface area contributed by atoms with E-state index in [0.29, 0.717) is 0 Å². The zero-order chi connectivity index (χ0) is 12.4. The molecule has 94 valence electrons. The maximum Gasteiger partial charge on any atom is 0.326 e. The fraction of sp³-hybridized carbons (Fsp3) is 0.750. The predicted octanol–water partition coefficient (Wildman–Crippen LogP) is 0.821. The monoisotopic (exact) mass is 239 g/mol. The Morgan fingerprint density at radius 2 is 1.82 bits per heavy atom. The van der Waals surface area contributed by atoms with Gasteiger partial charge in [-0.25, -0.2) is 4.79 Å². The lowest BCUT2D eigenvalue weighted by Gasteiger charge is -2.28. The highest BCUT2D eigenvalue weighted by Gasteiger charge is 2.40. The van der Waals surface area contributed by atoms with Crippen LogP contribution in [0.1, 0.15) is 38.5 Å². The van der Waals surface area contributed by atoms with E-state index in [1.165, 1.54) is 4.90 Å². The summed E-state index contributed by atoms with van der Waals surface area (Å²) in [5, 5.41) is 9.00. The van der Waals surface area contributed by atoms with Gasteiger partial charge in [0.05, 0.1) is 6.54 Å². The van der Waals surface area contributed by atoms with E-state index < -0.39 is 12.0 Å². The molecular weight excluding hydrogens is 222 g/mol. The third kappa shape index (κ3) is 2.48. The third-order valence-electron chi connectivity index (χ3n) is 3.67. The summed E-state index contributed by atoms with van der Waals surface area (Å²) in [4.78, 5) is 35.7. The van der Waals surface area contributed by atoms with Crippen molar-refractivity contribution < 1.29 is 19.5 Å². The van der Waals surface area contributed by atoms with Crippen molar-refractivity contribution in [3.8, 4) is 0 Å². The van der Waals surface area contributed by atoms with Crippen molar-refractivity contribution in [3.63, 3.8) is 0 Å². The van der Waals surface area contributed by atoms with Gasteiger partial charge in [-0.3, -0.25) is 9.59 Å². The first-order chi connectivity index (χ1) is 8.09. The maximum absolute atomic E-state index is 12.2. The number of aliphatic carboxylic acids is 1. The van der Waals surface area contributed by atoms with Gasteiger partial charge in [0.2, 0.25) is 5.91 Å². The molecular formula is C12H17NO4. The molecule has 1 heterocycles. The molecule has 1 aliphatic heterocycles. The first-order valence-corrected chi connectivity index (χ1v) is 6.14. The van der Waals surface area contributed by atoms with Crippen molar-refractivity contribution in [2.24, 2.45) is 5.92 Å². The minimum Gasteiger partial charge on any atom is -0.480 e. The first kappa shape index (κ1) is 12.1. The van der Waals surface area contributed by atoms with Crippen molar-refractivity contribution in [1.29, 1.82) is 0 Å². The normalized spacial score (nSPS) is 26.2. The van der Waals surface area contributed by atoms with Crippen molar-refractivity contribution in [1.82, 2.24) is 4.90 Å². The third-order valence-corrected chi connectivity index (χ3v) is 3.67. The number of Topliss-reactive ketones (excluding diaryl/α,β-unsaturated/α-hetero) is 1. The molecule has 5 nitrogen and oxygen atoms in total. The van der Waals surface area contributed by atoms with E-state index in [1.807, 2.05) is 0 Å². The van der Waals surface area contributed by atoms with Gasteiger partial charge in [0, 0.05) is 12.3 Å². The quantitative estimate of drug-likeness (QED) is 0.774. The summed E-state index contributed by atoms with van der Waals surface area (Å²) in [6.45, 7) is -0.0215. The number of nitrogens with zero attached hydrogens (tertiary/aromatic N) is 1. The van der Waals surface area contributed by atoms with Gasteiger partial charge in [-0.1, -0.05) is 19.3 Å². The zero-order valence-electron chi connectivity index (χ0n) is 9.72. The van der Waals surface area contributed by atoms with Crippen molar-refractivity contribution in [3.05, 3.63) is 0 Å². The van der Waals surface area contributed by atoms with E-state index >= 15 is 0 Å². The van der Waals surface area contributed by atoms with E-state index in [-0.39, 0.29) is 30.6 Å². The lowest BCUT2D eigenvalue weighted by atomic mass is 9.88. The molecule has 1 N–H and O–H groups in total. The number of carboxylic acids is 1. The largest absolute Gasteiger partial charge is 0.480 e. The van der Waals surface area contributed by atoms with Gasteiger partial charge in [0.25, 0.3) is 0 Å². The lowest BCUT2D eigenvalue weighted by molar-refractivity contribution is -0.150. The Hall–Kier alpha value is -1.39. The van der Waals surface area contributed by atoms with E-state index in [0.717, 1.165) is 32.1 Å². The van der Waals surface area contributed by atoms with Crippen LogP contribution in [0.25, 0.3) is 0 Å². The fourth-order valence-electron chi connectivity index (χ4n) is 2.73. The smallest absolute Gasteiger partial charge is 0.326 e. The van der Waals surface area contributed by atoms with Gasteiger partial charge in [0.15, 0.2) is 5.78 Å². The second kappa shape index (κ2) is 4.85. The molecule has 1 saturated heterocycles. The van der Waals surface area contributed by atoms with Crippen LogP contribution in [-0.2, 0) is 14.4 Å². The molecule has 1 unspecified atom stereocenters. The zero-order valence-corrected chi connectivity index (χ0v) is 9.72. The van der Waals surface area contributed by atoms with Crippen molar-refractivity contribution >= 4 is 17.7 Å². The molecule has 17 heavy (non-hydrogen) atoms. The number of amides is 1. The molecule has 5 heteroatoms. The Balaban J connectivity index is 2.06. The SMILES string of the molecule is O=C1CC(C(=O)O)N(C(=O)C2CCCCC2)C1. The van der Waals surface area contributed by atoms with Crippen LogP contribution in [0.4, 0.5) is 0 Å². The molecule has 0 bridgehead atoms. The summed E-state index contributed by atoms with van der Waals surface area (Å²) in [5.74, 6) is -1.43. The molecule has 0 aromatic carbocycles. The number of hydrogen-bond donors (Lipinski definition) is 1. The van der Waals surface area contributed by atoms with Gasteiger partial charge in [0.1, 0.15) is 6.04 Å². The van der Waals surface area contributed by atoms with Gasteiger partial charge in [-0.05, 0) is 12.8 Å². The van der Waals surface area contributed by atoms with Gasteiger partial charge in [-0.15, -0.1) is 0 Å². The Bertz CT molecular complexity index is 346. The fourth-order valence-corrected chi connectivity index (χ4v) is 2.73. The molecule has 1 atom stereocenters. The van der Waals surface area contributed by atoms with Gasteiger partial charge < -0.3 is 10.0 Å². The number of likely N-dealkylation sites (tertiary alicyclic amines) is 1. The highest BCUT2D eigenvalue weighted by Crippen LogP contribution is 2.28. The average molecular weight is 239 g/mol. The van der Waals surface area contributed by atoms with Gasteiger partial charge >= 0.3 is 5.97 Å². The second-order valence-corrected chi connectivity index (χ2v) is 4.90. The highest BCUT2D eigenvalue weighted by atomic mass is 16.4. The minimum atomic E-state index is -1.07. The summed E-state index contributed by atoms with van der Waals surface area (Å²) in [7, 11) is 0. The summed E-state index contributed by atoms with van der Waals surface area (Å²) >= 11 is 0. The Kier molecular flexibility index (Phi) is 3.45. The summed E-state index contributed by atoms with van der Waals surface area (Å²) in [5.41, 5.74) is 0. The second-order valence-electron chi connectivity index (χ2n) is 4.90. The molecule has 1 saturated carbocycles. The molecule has 2 aliphatic rings. The highest BCUT2D eigenvalue weighted by molar-refractivity contribution is 5.97. The van der Waals surface area contributed by atoms with Crippen molar-refractivity contribution in [2.75, 3.05) is 6.54 Å². The minimum absolute atomic E-state index is 0.0215. The standard InChI is InChI=1S/C12H17NO4/c14-9-6-10(12(16)17)13(7-9)11(15)8-4-2-1-3-5-8/h8,10H,1-7H2,(H,16,17). The summed E-state index contributed by atoms with van der Waals surface area (Å²) in [6, 6.07) is -0.933. The maximum atomic E-state index is 12.2. The Morgan fingerprint density at radius 3 is 2.41 bits per heavy atom. The number of carboxylic acid groups (broad SMARTS) is 1. The molecule has 1 amide bonds. The van der Waals surface area contributed by atoms with Crippen LogP contribution in [0, 0.1) is 5.92 Å². The number of rotatable bonds is 2. The van der Waals surface area contributed by atoms with Crippen LogP contribution >= 0.6 is 0 Å². The van der Waals surface area contributed by atoms with Crippen LogP contribution in [0.3, 0.4) is 0 Å². The molecule has 1 aliphatic carbocycles. The summed E-state index contributed by atoms with van der Waals surface area (Å²) in [6.07, 6.45) is 4.82. The van der Waals surface area contributed by atoms with E-state index in [4.69, 9.17) is 5.11 Å². The van der Waals surface area contributed by atoms with Crippen LogP contribution in [0.5, 0.6) is 0 Å². The summed E-state index contributed by atoms with van der Waals surface area (Å²) < 4.78 is 0. The average Bonchev–Trinajstić information content (AvgIpc) is 2.72. The lowest BCUT2D eigenvalue weighted by Crippen LogP contribution is -2.44. The number of carbonyl (C=O) groups excluding carboxylic acids is 2. The predicted molar refractivity (Wildman–Crippen MR) is 59.3 cm³/mol. The van der Waals surface area contributed by atoms with Crippen LogP contribution in [0.2, 0.25) is 0 Å². The first-order valence-electron chi connectivity index (χ1n) is 6.14. The van der Waals surface area contributed by atoms with E-state index in [2.05, 4.69) is 0 Å². The number of hydrogen-bond acceptors (Lipinski definition) is 3. The van der Waals surface area contributed by atoms with Crippen LogP contribution < -0.4 is 0 Å². The molecule has 0 aromatic rings. The molecule has 0 aromatic heterocycles. The molecule has 2 rings (SSSR count). The topological polar surface area (TPSA) is 74.7 Å². The number of ketones is 1. The molecule has 2 fully saturated rings. The molecule has 0 radical (unpaired) electrons. The van der Waals surface area contributed by atoms with Crippen LogP contribution in [-0.4, -0.2) is 40.3 Å². The van der Waals surface area contributed by atoms with Crippen LogP contribution in [0.15, 0.2) is 0 Å². The van der Waals surface area contributed by atoms with Gasteiger partial charge in [-0.2, -0.15) is 0 Å². The Morgan fingerprint density at radius 1 is 1.18 bits per heavy atom.